The van der Waals surface area contributed by atoms with E-state index in [4.69, 9.17) is 0 Å². The summed E-state index contributed by atoms with van der Waals surface area (Å²) in [5.41, 5.74) is 2.29. The average Bonchev–Trinajstić information content (AvgIpc) is 3.03. The number of aromatic nitrogens is 3. The molecular weight excluding hydrogens is 332 g/mol. The molecule has 0 atom stereocenters. The fourth-order valence-corrected chi connectivity index (χ4v) is 4.05. The van der Waals surface area contributed by atoms with Crippen molar-refractivity contribution in [1.82, 2.24) is 19.7 Å². The van der Waals surface area contributed by atoms with Crippen LogP contribution in [0.2, 0.25) is 0 Å². The molecule has 6 heteroatoms. The number of amides is 1. The molecule has 1 aliphatic rings. The second kappa shape index (κ2) is 8.52. The summed E-state index contributed by atoms with van der Waals surface area (Å²) in [5, 5.41) is 9.60. The number of piperidine rings is 1. The third kappa shape index (κ3) is 4.42. The van der Waals surface area contributed by atoms with E-state index in [0.29, 0.717) is 5.75 Å². The second-order valence-corrected chi connectivity index (χ2v) is 7.50. The van der Waals surface area contributed by atoms with Crippen molar-refractivity contribution in [2.24, 2.45) is 0 Å². The third-order valence-electron chi connectivity index (χ3n) is 4.47. The number of hydrogen-bond acceptors (Lipinski definition) is 4. The van der Waals surface area contributed by atoms with Crippen LogP contribution in [-0.2, 0) is 11.3 Å². The van der Waals surface area contributed by atoms with Crippen LogP contribution < -0.4 is 0 Å². The van der Waals surface area contributed by atoms with Crippen LogP contribution in [-0.4, -0.2) is 44.4 Å². The highest BCUT2D eigenvalue weighted by molar-refractivity contribution is 7.99. The van der Waals surface area contributed by atoms with Gasteiger partial charge in [-0.25, -0.2) is 0 Å². The lowest BCUT2D eigenvalue weighted by Gasteiger charge is -2.26. The van der Waals surface area contributed by atoms with Crippen molar-refractivity contribution < 1.29 is 4.79 Å². The maximum absolute atomic E-state index is 12.4. The first-order chi connectivity index (χ1) is 12.2. The summed E-state index contributed by atoms with van der Waals surface area (Å²) >= 11 is 1.51. The van der Waals surface area contributed by atoms with Gasteiger partial charge in [-0.05, 0) is 38.7 Å². The van der Waals surface area contributed by atoms with E-state index in [0.717, 1.165) is 55.4 Å². The minimum absolute atomic E-state index is 0.216. The fraction of sp³-hybridized carbons (Fsp3) is 0.526. The van der Waals surface area contributed by atoms with Gasteiger partial charge in [0.2, 0.25) is 5.91 Å². The van der Waals surface area contributed by atoms with Gasteiger partial charge in [0.25, 0.3) is 0 Å². The molecule has 0 N–H and O–H groups in total. The van der Waals surface area contributed by atoms with E-state index in [1.807, 2.05) is 11.0 Å². The van der Waals surface area contributed by atoms with Crippen molar-refractivity contribution in [2.75, 3.05) is 18.8 Å². The number of hydrogen-bond donors (Lipinski definition) is 0. The summed E-state index contributed by atoms with van der Waals surface area (Å²) < 4.78 is 2.14. The average molecular weight is 359 g/mol. The highest BCUT2D eigenvalue weighted by Crippen LogP contribution is 2.25. The molecule has 25 heavy (non-hydrogen) atoms. The molecule has 0 unspecified atom stereocenters. The quantitative estimate of drug-likeness (QED) is 0.738. The third-order valence-corrected chi connectivity index (χ3v) is 5.43. The van der Waals surface area contributed by atoms with Gasteiger partial charge in [0.1, 0.15) is 0 Å². The van der Waals surface area contributed by atoms with Crippen molar-refractivity contribution in [1.29, 1.82) is 0 Å². The molecule has 0 bridgehead atoms. The van der Waals surface area contributed by atoms with E-state index in [-0.39, 0.29) is 5.91 Å². The number of carbonyl (C=O) groups excluding carboxylic acids is 1. The SMILES string of the molecule is CCCn1c(SCC(=O)N2CCCCC2)nnc1-c1cccc(C)c1. The number of benzene rings is 1. The van der Waals surface area contributed by atoms with E-state index in [1.54, 1.807) is 0 Å². The zero-order valence-electron chi connectivity index (χ0n) is 15.1. The maximum Gasteiger partial charge on any atom is 0.233 e. The Morgan fingerprint density at radius 2 is 2.00 bits per heavy atom. The van der Waals surface area contributed by atoms with Gasteiger partial charge in [-0.2, -0.15) is 0 Å². The van der Waals surface area contributed by atoms with Crippen molar-refractivity contribution >= 4 is 17.7 Å². The Bertz CT molecular complexity index is 722. The van der Waals surface area contributed by atoms with E-state index in [1.165, 1.54) is 23.7 Å². The summed E-state index contributed by atoms with van der Waals surface area (Å²) in [6.07, 6.45) is 4.49. The first-order valence-electron chi connectivity index (χ1n) is 9.10. The van der Waals surface area contributed by atoms with E-state index < -0.39 is 0 Å². The monoisotopic (exact) mass is 358 g/mol. The standard InChI is InChI=1S/C19H26N4OS/c1-3-10-23-18(16-9-7-8-15(2)13-16)20-21-19(23)25-14-17(24)22-11-5-4-6-12-22/h7-9,13H,3-6,10-12,14H2,1-2H3. The Balaban J connectivity index is 1.74. The number of carbonyl (C=O) groups is 1. The van der Waals surface area contributed by atoms with Crippen molar-refractivity contribution in [3.05, 3.63) is 29.8 Å². The molecule has 3 rings (SSSR count). The van der Waals surface area contributed by atoms with Gasteiger partial charge in [-0.3, -0.25) is 4.79 Å². The lowest BCUT2D eigenvalue weighted by molar-refractivity contribution is -0.129. The Kier molecular flexibility index (Phi) is 6.13. The molecule has 0 saturated carbocycles. The van der Waals surface area contributed by atoms with Crippen molar-refractivity contribution in [3.63, 3.8) is 0 Å². The summed E-state index contributed by atoms with van der Waals surface area (Å²) in [6.45, 7) is 6.88. The van der Waals surface area contributed by atoms with Gasteiger partial charge in [0.05, 0.1) is 5.75 Å². The van der Waals surface area contributed by atoms with Gasteiger partial charge < -0.3 is 9.47 Å². The summed E-state index contributed by atoms with van der Waals surface area (Å²) in [6, 6.07) is 8.32. The molecule has 5 nitrogen and oxygen atoms in total. The second-order valence-electron chi connectivity index (χ2n) is 6.56. The molecule has 0 spiro atoms. The number of thioether (sulfide) groups is 1. The molecule has 1 saturated heterocycles. The normalized spacial score (nSPS) is 14.7. The Morgan fingerprint density at radius 3 is 2.72 bits per heavy atom. The highest BCUT2D eigenvalue weighted by atomic mass is 32.2. The number of rotatable bonds is 6. The smallest absolute Gasteiger partial charge is 0.233 e. The molecule has 2 heterocycles. The largest absolute Gasteiger partial charge is 0.342 e. The summed E-state index contributed by atoms with van der Waals surface area (Å²) in [5.74, 6) is 1.54. The Labute approximate surface area is 153 Å². The molecular formula is C19H26N4OS. The fourth-order valence-electron chi connectivity index (χ4n) is 3.18. The molecule has 1 aliphatic heterocycles. The van der Waals surface area contributed by atoms with E-state index in [2.05, 4.69) is 46.8 Å². The molecule has 1 fully saturated rings. The van der Waals surface area contributed by atoms with Crippen LogP contribution in [0.4, 0.5) is 0 Å². The molecule has 0 aliphatic carbocycles. The van der Waals surface area contributed by atoms with E-state index in [9.17, 15) is 4.79 Å². The first-order valence-corrected chi connectivity index (χ1v) is 10.1. The molecule has 1 aromatic heterocycles. The van der Waals surface area contributed by atoms with Crippen molar-refractivity contribution in [3.8, 4) is 11.4 Å². The Morgan fingerprint density at radius 1 is 1.20 bits per heavy atom. The molecule has 1 amide bonds. The zero-order chi connectivity index (χ0) is 17.6. The van der Waals surface area contributed by atoms with Crippen LogP contribution in [0.1, 0.15) is 38.2 Å². The van der Waals surface area contributed by atoms with Crippen LogP contribution in [0.25, 0.3) is 11.4 Å². The predicted molar refractivity (Wildman–Crippen MR) is 102 cm³/mol. The van der Waals surface area contributed by atoms with Gasteiger partial charge in [-0.1, -0.05) is 42.4 Å². The van der Waals surface area contributed by atoms with Gasteiger partial charge in [0.15, 0.2) is 11.0 Å². The molecule has 0 radical (unpaired) electrons. The summed E-state index contributed by atoms with van der Waals surface area (Å²) in [4.78, 5) is 14.4. The minimum Gasteiger partial charge on any atom is -0.342 e. The number of likely N-dealkylation sites (tertiary alicyclic amines) is 1. The maximum atomic E-state index is 12.4. The van der Waals surface area contributed by atoms with Gasteiger partial charge in [-0.15, -0.1) is 10.2 Å². The van der Waals surface area contributed by atoms with Crippen LogP contribution in [0, 0.1) is 6.92 Å². The number of aryl methyl sites for hydroxylation is 1. The van der Waals surface area contributed by atoms with Gasteiger partial charge >= 0.3 is 0 Å². The first kappa shape index (κ1) is 18.0. The number of nitrogens with zero attached hydrogens (tertiary/aromatic N) is 4. The molecule has 1 aromatic carbocycles. The van der Waals surface area contributed by atoms with Crippen LogP contribution in [0.15, 0.2) is 29.4 Å². The highest BCUT2D eigenvalue weighted by Gasteiger charge is 2.19. The predicted octanol–water partition coefficient (Wildman–Crippen LogP) is 3.77. The zero-order valence-corrected chi connectivity index (χ0v) is 15.9. The van der Waals surface area contributed by atoms with E-state index >= 15 is 0 Å². The lowest BCUT2D eigenvalue weighted by Crippen LogP contribution is -2.36. The molecule has 2 aromatic rings. The minimum atomic E-state index is 0.216. The topological polar surface area (TPSA) is 51.0 Å². The van der Waals surface area contributed by atoms with Crippen LogP contribution in [0.3, 0.4) is 0 Å². The van der Waals surface area contributed by atoms with Crippen LogP contribution in [0.5, 0.6) is 0 Å². The van der Waals surface area contributed by atoms with Crippen molar-refractivity contribution in [2.45, 2.75) is 51.2 Å². The van der Waals surface area contributed by atoms with Gasteiger partial charge in [0, 0.05) is 25.2 Å². The molecule has 134 valence electrons. The Hall–Kier alpha value is -1.82. The van der Waals surface area contributed by atoms with Crippen LogP contribution >= 0.6 is 11.8 Å². The lowest BCUT2D eigenvalue weighted by atomic mass is 10.1. The summed E-state index contributed by atoms with van der Waals surface area (Å²) in [7, 11) is 0.